The number of amides is 2. The molecule has 1 atom stereocenters. The lowest BCUT2D eigenvalue weighted by molar-refractivity contribution is -0.140. The molecule has 204 valence electrons. The number of nitrogens with zero attached hydrogens (tertiary/aromatic N) is 2. The number of nitrogens with one attached hydrogen (secondary N) is 1. The van der Waals surface area contributed by atoms with Gasteiger partial charge in [0.1, 0.15) is 6.04 Å². The molecule has 0 saturated carbocycles. The van der Waals surface area contributed by atoms with Crippen LogP contribution >= 0.6 is 23.2 Å². The molecule has 0 aromatic heterocycles. The van der Waals surface area contributed by atoms with Crippen molar-refractivity contribution in [3.63, 3.8) is 0 Å². The van der Waals surface area contributed by atoms with Gasteiger partial charge in [0.05, 0.1) is 22.0 Å². The van der Waals surface area contributed by atoms with Crippen LogP contribution in [0.15, 0.2) is 36.4 Å². The summed E-state index contributed by atoms with van der Waals surface area (Å²) in [4.78, 5) is 27.4. The van der Waals surface area contributed by atoms with Crippen molar-refractivity contribution in [2.75, 3.05) is 23.7 Å². The average Bonchev–Trinajstić information content (AvgIpc) is 2.83. The van der Waals surface area contributed by atoms with Crippen LogP contribution in [-0.4, -0.2) is 50.5 Å². The molecule has 0 aliphatic carbocycles. The number of benzene rings is 2. The second-order valence-electron chi connectivity index (χ2n) is 8.63. The highest BCUT2D eigenvalue weighted by Gasteiger charge is 2.27. The van der Waals surface area contributed by atoms with Crippen LogP contribution in [0.1, 0.15) is 45.1 Å². The van der Waals surface area contributed by atoms with Gasteiger partial charge in [0.25, 0.3) is 0 Å². The topological polar surface area (TPSA) is 86.8 Å². The molecule has 0 spiro atoms. The normalized spacial score (nSPS) is 12.2. The van der Waals surface area contributed by atoms with Crippen LogP contribution in [0.3, 0.4) is 0 Å². The molecule has 0 aliphatic heterocycles. The zero-order chi connectivity index (χ0) is 27.8. The Balaban J connectivity index is 2.19. The minimum Gasteiger partial charge on any atom is -0.354 e. The van der Waals surface area contributed by atoms with Gasteiger partial charge in [-0.15, -0.1) is 0 Å². The molecule has 2 amide bonds. The maximum atomic E-state index is 13.7. The van der Waals surface area contributed by atoms with Crippen LogP contribution in [0.4, 0.5) is 14.5 Å². The number of carbonyl (C=O) groups is 2. The molecule has 2 aromatic carbocycles. The van der Waals surface area contributed by atoms with Crippen LogP contribution in [0.25, 0.3) is 0 Å². The van der Waals surface area contributed by atoms with E-state index < -0.39 is 27.7 Å². The Morgan fingerprint density at radius 1 is 1.03 bits per heavy atom. The van der Waals surface area contributed by atoms with E-state index in [4.69, 9.17) is 23.2 Å². The number of hydrogen-bond acceptors (Lipinski definition) is 4. The fraction of sp³-hybridized carbons (Fsp3) is 0.440. The monoisotopic (exact) mass is 577 g/mol. The molecule has 7 nitrogen and oxygen atoms in total. The van der Waals surface area contributed by atoms with Gasteiger partial charge in [-0.2, -0.15) is 0 Å². The summed E-state index contributed by atoms with van der Waals surface area (Å²) in [5.41, 5.74) is 0.612. The average molecular weight is 579 g/mol. The predicted octanol–water partition coefficient (Wildman–Crippen LogP) is 5.15. The van der Waals surface area contributed by atoms with Crippen LogP contribution in [0.5, 0.6) is 0 Å². The summed E-state index contributed by atoms with van der Waals surface area (Å²) in [6.45, 7) is 4.02. The summed E-state index contributed by atoms with van der Waals surface area (Å²) in [7, 11) is -3.84. The molecular weight excluding hydrogens is 547 g/mol. The Kier molecular flexibility index (Phi) is 11.6. The number of rotatable bonds is 13. The molecule has 2 aromatic rings. The number of carbonyl (C=O) groups excluding carboxylic acids is 2. The summed E-state index contributed by atoms with van der Waals surface area (Å²) in [5, 5.41) is 3.48. The fourth-order valence-corrected chi connectivity index (χ4v) is 4.88. The lowest BCUT2D eigenvalue weighted by Crippen LogP contribution is -2.48. The fourth-order valence-electron chi connectivity index (χ4n) is 3.60. The minimum absolute atomic E-state index is 0.0508. The van der Waals surface area contributed by atoms with Gasteiger partial charge < -0.3 is 10.2 Å². The van der Waals surface area contributed by atoms with Gasteiger partial charge in [-0.05, 0) is 49.6 Å². The van der Waals surface area contributed by atoms with Crippen LogP contribution < -0.4 is 9.62 Å². The van der Waals surface area contributed by atoms with E-state index in [0.717, 1.165) is 41.6 Å². The predicted molar refractivity (Wildman–Crippen MR) is 142 cm³/mol. The van der Waals surface area contributed by atoms with Gasteiger partial charge >= 0.3 is 0 Å². The number of hydrogen-bond donors (Lipinski definition) is 1. The van der Waals surface area contributed by atoms with E-state index in [1.807, 2.05) is 6.92 Å². The van der Waals surface area contributed by atoms with Crippen molar-refractivity contribution in [1.82, 2.24) is 10.2 Å². The first-order chi connectivity index (χ1) is 17.3. The summed E-state index contributed by atoms with van der Waals surface area (Å²) >= 11 is 12.1. The van der Waals surface area contributed by atoms with E-state index in [2.05, 4.69) is 5.32 Å². The molecule has 37 heavy (non-hydrogen) atoms. The zero-order valence-corrected chi connectivity index (χ0v) is 23.3. The molecule has 1 N–H and O–H groups in total. The number of sulfonamides is 1. The van der Waals surface area contributed by atoms with Gasteiger partial charge in [-0.1, -0.05) is 42.6 Å². The van der Waals surface area contributed by atoms with Crippen molar-refractivity contribution in [3.05, 3.63) is 63.6 Å². The summed E-state index contributed by atoms with van der Waals surface area (Å²) in [5.74, 6) is -2.99. The maximum absolute atomic E-state index is 13.7. The largest absolute Gasteiger partial charge is 0.354 e. The molecule has 12 heteroatoms. The Labute approximate surface area is 226 Å². The van der Waals surface area contributed by atoms with Gasteiger partial charge in [-0.3, -0.25) is 13.9 Å². The van der Waals surface area contributed by atoms with Gasteiger partial charge in [0.15, 0.2) is 11.6 Å². The first kappa shape index (κ1) is 30.8. The third kappa shape index (κ3) is 9.12. The standard InChI is InChI=1S/C25H31Cl2F2N3O4S/c1-4-5-12-30-25(34)17(2)31(16-18-8-10-20(26)21(27)14-18)24(33)7-6-13-32(37(3,35)36)19-9-11-22(28)23(29)15-19/h8-11,14-15,17H,4-7,12-13,16H2,1-3H3,(H,30,34)/t17-/m1/s1. The SMILES string of the molecule is CCCCNC(=O)[C@@H](C)N(Cc1ccc(Cl)c(Cl)c1)C(=O)CCCN(c1ccc(F)c(F)c1)S(C)(=O)=O. The van der Waals surface area contributed by atoms with Crippen LogP contribution in [0.2, 0.25) is 10.0 Å². The first-order valence-corrected chi connectivity index (χ1v) is 14.4. The minimum atomic E-state index is -3.84. The number of unbranched alkanes of at least 4 members (excludes halogenated alkanes) is 1. The van der Waals surface area contributed by atoms with Crippen molar-refractivity contribution in [2.45, 2.75) is 52.1 Å². The smallest absolute Gasteiger partial charge is 0.242 e. The third-order valence-corrected chi connectivity index (χ3v) is 7.61. The van der Waals surface area contributed by atoms with Crippen molar-refractivity contribution >= 4 is 50.7 Å². The highest BCUT2D eigenvalue weighted by Crippen LogP contribution is 2.25. The highest BCUT2D eigenvalue weighted by molar-refractivity contribution is 7.92. The van der Waals surface area contributed by atoms with Crippen molar-refractivity contribution < 1.29 is 26.8 Å². The van der Waals surface area contributed by atoms with E-state index in [9.17, 15) is 26.8 Å². The van der Waals surface area contributed by atoms with Crippen molar-refractivity contribution in [2.24, 2.45) is 0 Å². The molecule has 2 rings (SSSR count). The summed E-state index contributed by atoms with van der Waals surface area (Å²) in [6.07, 6.45) is 2.62. The van der Waals surface area contributed by atoms with Crippen molar-refractivity contribution in [1.29, 1.82) is 0 Å². The summed E-state index contributed by atoms with van der Waals surface area (Å²) < 4.78 is 52.5. The maximum Gasteiger partial charge on any atom is 0.242 e. The van der Waals surface area contributed by atoms with Crippen LogP contribution in [-0.2, 0) is 26.2 Å². The molecule has 0 radical (unpaired) electrons. The second-order valence-corrected chi connectivity index (χ2v) is 11.3. The molecule has 0 unspecified atom stereocenters. The quantitative estimate of drug-likeness (QED) is 0.333. The molecule has 0 bridgehead atoms. The van der Waals surface area contributed by atoms with E-state index in [-0.39, 0.29) is 43.4 Å². The third-order valence-electron chi connectivity index (χ3n) is 5.68. The number of anilines is 1. The molecule has 0 fully saturated rings. The molecule has 0 aliphatic rings. The Morgan fingerprint density at radius 3 is 2.32 bits per heavy atom. The molecule has 0 heterocycles. The van der Waals surface area contributed by atoms with Gasteiger partial charge in [-0.25, -0.2) is 17.2 Å². The highest BCUT2D eigenvalue weighted by atomic mass is 35.5. The van der Waals surface area contributed by atoms with Crippen LogP contribution in [0, 0.1) is 11.6 Å². The molecule has 0 saturated heterocycles. The molecular formula is C25H31Cl2F2N3O4S. The van der Waals surface area contributed by atoms with Crippen molar-refractivity contribution in [3.8, 4) is 0 Å². The van der Waals surface area contributed by atoms with Gasteiger partial charge in [0.2, 0.25) is 21.8 Å². The number of halogens is 4. The lowest BCUT2D eigenvalue weighted by atomic mass is 10.1. The Hall–Kier alpha value is -2.43. The Bertz CT molecular complexity index is 1210. The lowest BCUT2D eigenvalue weighted by Gasteiger charge is -2.29. The summed E-state index contributed by atoms with van der Waals surface area (Å²) in [6, 6.07) is 6.88. The van der Waals surface area contributed by atoms with E-state index in [1.165, 1.54) is 4.90 Å². The second kappa shape index (κ2) is 13.9. The van der Waals surface area contributed by atoms with E-state index >= 15 is 0 Å². The van der Waals surface area contributed by atoms with E-state index in [1.54, 1.807) is 25.1 Å². The van der Waals surface area contributed by atoms with E-state index in [0.29, 0.717) is 22.2 Å². The zero-order valence-electron chi connectivity index (χ0n) is 20.9. The Morgan fingerprint density at radius 2 is 1.73 bits per heavy atom. The van der Waals surface area contributed by atoms with Gasteiger partial charge in [0, 0.05) is 32.1 Å². The first-order valence-electron chi connectivity index (χ1n) is 11.8.